The molecule has 96 valence electrons. The van der Waals surface area contributed by atoms with E-state index in [1.54, 1.807) is 0 Å². The molecule has 0 saturated heterocycles. The summed E-state index contributed by atoms with van der Waals surface area (Å²) in [6, 6.07) is 4.82. The molecule has 0 aliphatic rings. The van der Waals surface area contributed by atoms with Crippen molar-refractivity contribution in [3.05, 3.63) is 35.4 Å². The lowest BCUT2D eigenvalue weighted by Crippen LogP contribution is -2.20. The van der Waals surface area contributed by atoms with Crippen molar-refractivity contribution in [1.82, 2.24) is 4.90 Å². The highest BCUT2D eigenvalue weighted by Gasteiger charge is 2.30. The van der Waals surface area contributed by atoms with Crippen LogP contribution in [0.1, 0.15) is 23.6 Å². The van der Waals surface area contributed by atoms with Gasteiger partial charge in [-0.15, -0.1) is 0 Å². The molecule has 1 aromatic rings. The van der Waals surface area contributed by atoms with Crippen LogP contribution in [0.25, 0.3) is 0 Å². The molecule has 0 aliphatic carbocycles. The second kappa shape index (κ2) is 5.51. The summed E-state index contributed by atoms with van der Waals surface area (Å²) in [6.07, 6.45) is -3.56. The van der Waals surface area contributed by atoms with Crippen molar-refractivity contribution < 1.29 is 13.2 Å². The van der Waals surface area contributed by atoms with Crippen molar-refractivity contribution in [3.8, 4) is 0 Å². The Labute approximate surface area is 99.2 Å². The molecule has 0 aromatic heterocycles. The fraction of sp³-hybridized carbons (Fsp3) is 0.500. The molecule has 1 rings (SSSR count). The first kappa shape index (κ1) is 14.0. The zero-order chi connectivity index (χ0) is 13.1. The van der Waals surface area contributed by atoms with Crippen LogP contribution < -0.4 is 5.73 Å². The Morgan fingerprint density at radius 1 is 1.18 bits per heavy atom. The molecule has 17 heavy (non-hydrogen) atoms. The maximum Gasteiger partial charge on any atom is 0.416 e. The number of alkyl halides is 3. The fourth-order valence-corrected chi connectivity index (χ4v) is 1.48. The zero-order valence-corrected chi connectivity index (χ0v) is 9.96. The molecule has 0 fully saturated rings. The third-order valence-electron chi connectivity index (χ3n) is 2.55. The molecule has 0 saturated carbocycles. The third-order valence-corrected chi connectivity index (χ3v) is 2.55. The van der Waals surface area contributed by atoms with E-state index in [-0.39, 0.29) is 6.04 Å². The lowest BCUT2D eigenvalue weighted by molar-refractivity contribution is -0.137. The van der Waals surface area contributed by atoms with E-state index in [4.69, 9.17) is 5.73 Å². The van der Waals surface area contributed by atoms with Crippen molar-refractivity contribution in [2.24, 2.45) is 5.73 Å². The Balaban J connectivity index is 2.67. The summed E-state index contributed by atoms with van der Waals surface area (Å²) >= 11 is 0. The minimum absolute atomic E-state index is 0.223. The largest absolute Gasteiger partial charge is 0.416 e. The van der Waals surface area contributed by atoms with Gasteiger partial charge >= 0.3 is 6.18 Å². The highest BCUT2D eigenvalue weighted by Crippen LogP contribution is 2.29. The van der Waals surface area contributed by atoms with Gasteiger partial charge in [-0.05, 0) is 44.8 Å². The predicted molar refractivity (Wildman–Crippen MR) is 61.5 cm³/mol. The molecule has 1 aromatic carbocycles. The van der Waals surface area contributed by atoms with E-state index in [0.29, 0.717) is 0 Å². The van der Waals surface area contributed by atoms with E-state index in [0.717, 1.165) is 30.7 Å². The minimum atomic E-state index is -4.29. The summed E-state index contributed by atoms with van der Waals surface area (Å²) in [4.78, 5) is 1.99. The molecule has 1 atom stereocenters. The number of halogens is 3. The normalized spacial score (nSPS) is 14.1. The first-order valence-electron chi connectivity index (χ1n) is 5.38. The summed E-state index contributed by atoms with van der Waals surface area (Å²) in [5.74, 6) is 0. The van der Waals surface area contributed by atoms with E-state index in [9.17, 15) is 13.2 Å². The second-order valence-electron chi connectivity index (χ2n) is 4.32. The number of nitrogens with two attached hydrogens (primary N) is 1. The van der Waals surface area contributed by atoms with Crippen molar-refractivity contribution in [3.63, 3.8) is 0 Å². The Hall–Kier alpha value is -1.07. The quantitative estimate of drug-likeness (QED) is 0.885. The van der Waals surface area contributed by atoms with Gasteiger partial charge in [-0.3, -0.25) is 0 Å². The van der Waals surface area contributed by atoms with Gasteiger partial charge in [0.05, 0.1) is 5.56 Å². The van der Waals surface area contributed by atoms with E-state index in [1.807, 2.05) is 19.0 Å². The third kappa shape index (κ3) is 4.36. The Kier molecular flexibility index (Phi) is 4.54. The highest BCUT2D eigenvalue weighted by molar-refractivity contribution is 5.26. The van der Waals surface area contributed by atoms with Crippen LogP contribution in [0.3, 0.4) is 0 Å². The molecule has 0 amide bonds. The van der Waals surface area contributed by atoms with E-state index < -0.39 is 11.7 Å². The van der Waals surface area contributed by atoms with Crippen LogP contribution in [0.4, 0.5) is 13.2 Å². The van der Waals surface area contributed by atoms with Crippen molar-refractivity contribution in [1.29, 1.82) is 0 Å². The van der Waals surface area contributed by atoms with Gasteiger partial charge in [0.1, 0.15) is 0 Å². The van der Waals surface area contributed by atoms with Gasteiger partial charge in [-0.1, -0.05) is 12.1 Å². The SMILES string of the molecule is CN(C)CCC(N)c1ccc(C(F)(F)F)cc1. The molecule has 5 heteroatoms. The Morgan fingerprint density at radius 2 is 1.71 bits per heavy atom. The van der Waals surface area contributed by atoms with Crippen molar-refractivity contribution in [2.45, 2.75) is 18.6 Å². The molecule has 2 nitrogen and oxygen atoms in total. The summed E-state index contributed by atoms with van der Waals surface area (Å²) in [5.41, 5.74) is 5.99. The standard InChI is InChI=1S/C12H17F3N2/c1-17(2)8-7-11(16)9-3-5-10(6-4-9)12(13,14)15/h3-6,11H,7-8,16H2,1-2H3. The molecule has 0 aliphatic heterocycles. The second-order valence-corrected chi connectivity index (χ2v) is 4.32. The fourth-order valence-electron chi connectivity index (χ4n) is 1.48. The summed E-state index contributed by atoms with van der Waals surface area (Å²) in [6.45, 7) is 0.808. The van der Waals surface area contributed by atoms with E-state index in [1.165, 1.54) is 12.1 Å². The van der Waals surface area contributed by atoms with Gasteiger partial charge < -0.3 is 10.6 Å². The van der Waals surface area contributed by atoms with Gasteiger partial charge in [0, 0.05) is 6.04 Å². The highest BCUT2D eigenvalue weighted by atomic mass is 19.4. The van der Waals surface area contributed by atoms with Crippen molar-refractivity contribution >= 4 is 0 Å². The topological polar surface area (TPSA) is 29.3 Å². The molecule has 0 radical (unpaired) electrons. The molecule has 2 N–H and O–H groups in total. The summed E-state index contributed by atoms with van der Waals surface area (Å²) < 4.78 is 37.0. The smallest absolute Gasteiger partial charge is 0.324 e. The van der Waals surface area contributed by atoms with Crippen LogP contribution in [0.5, 0.6) is 0 Å². The number of hydrogen-bond donors (Lipinski definition) is 1. The maximum absolute atomic E-state index is 12.3. The van der Waals surface area contributed by atoms with Crippen LogP contribution in [0.15, 0.2) is 24.3 Å². The molecule has 1 unspecified atom stereocenters. The lowest BCUT2D eigenvalue weighted by atomic mass is 10.0. The number of benzene rings is 1. The maximum atomic E-state index is 12.3. The number of hydrogen-bond acceptors (Lipinski definition) is 2. The first-order chi connectivity index (χ1) is 7.80. The number of rotatable bonds is 4. The van der Waals surface area contributed by atoms with Crippen LogP contribution in [0, 0.1) is 0 Å². The molecular weight excluding hydrogens is 229 g/mol. The molecule has 0 heterocycles. The van der Waals surface area contributed by atoms with E-state index in [2.05, 4.69) is 0 Å². The number of nitrogens with zero attached hydrogens (tertiary/aromatic N) is 1. The summed E-state index contributed by atoms with van der Waals surface area (Å²) in [7, 11) is 3.86. The van der Waals surface area contributed by atoms with Gasteiger partial charge in [0.25, 0.3) is 0 Å². The van der Waals surface area contributed by atoms with Crippen LogP contribution in [-0.2, 0) is 6.18 Å². The monoisotopic (exact) mass is 246 g/mol. The Morgan fingerprint density at radius 3 is 2.12 bits per heavy atom. The van der Waals surface area contributed by atoms with E-state index >= 15 is 0 Å². The van der Waals surface area contributed by atoms with Gasteiger partial charge in [-0.2, -0.15) is 13.2 Å². The molecule has 0 bridgehead atoms. The van der Waals surface area contributed by atoms with Crippen molar-refractivity contribution in [2.75, 3.05) is 20.6 Å². The Bertz CT molecular complexity index is 344. The van der Waals surface area contributed by atoms with Crippen LogP contribution >= 0.6 is 0 Å². The molecule has 0 spiro atoms. The van der Waals surface area contributed by atoms with Crippen LogP contribution in [-0.4, -0.2) is 25.5 Å². The summed E-state index contributed by atoms with van der Waals surface area (Å²) in [5, 5.41) is 0. The van der Waals surface area contributed by atoms with Gasteiger partial charge in [0.15, 0.2) is 0 Å². The first-order valence-corrected chi connectivity index (χ1v) is 5.38. The van der Waals surface area contributed by atoms with Gasteiger partial charge in [0.2, 0.25) is 0 Å². The predicted octanol–water partition coefficient (Wildman–Crippen LogP) is 2.66. The lowest BCUT2D eigenvalue weighted by Gasteiger charge is -2.16. The zero-order valence-electron chi connectivity index (χ0n) is 9.96. The average molecular weight is 246 g/mol. The van der Waals surface area contributed by atoms with Crippen LogP contribution in [0.2, 0.25) is 0 Å². The average Bonchev–Trinajstić information content (AvgIpc) is 2.25. The minimum Gasteiger partial charge on any atom is -0.324 e. The van der Waals surface area contributed by atoms with Gasteiger partial charge in [-0.25, -0.2) is 0 Å². The molecular formula is C12H17F3N2.